The van der Waals surface area contributed by atoms with Gasteiger partial charge in [-0.25, -0.2) is 17.8 Å². The average Bonchev–Trinajstić information content (AvgIpc) is 3.55. The second kappa shape index (κ2) is 8.07. The second-order valence-corrected chi connectivity index (χ2v) is 9.24. The normalized spacial score (nSPS) is 13.6. The molecule has 0 atom stereocenters. The molecule has 0 saturated heterocycles. The Labute approximate surface area is 179 Å². The fourth-order valence-electron chi connectivity index (χ4n) is 3.07. The Morgan fingerprint density at radius 1 is 1.06 bits per heavy atom. The Hall–Kier alpha value is -3.33. The molecule has 9 heteroatoms. The minimum atomic E-state index is -4.14. The van der Waals surface area contributed by atoms with Crippen molar-refractivity contribution in [2.75, 3.05) is 10.0 Å². The van der Waals surface area contributed by atoms with Gasteiger partial charge < -0.3 is 5.32 Å². The van der Waals surface area contributed by atoms with Gasteiger partial charge in [0, 0.05) is 23.9 Å². The number of anilines is 2. The number of pyridine rings is 2. The van der Waals surface area contributed by atoms with Gasteiger partial charge in [0.2, 0.25) is 5.91 Å². The number of halogens is 1. The number of nitrogens with one attached hydrogen (secondary N) is 2. The number of amides is 1. The monoisotopic (exact) mass is 440 g/mol. The van der Waals surface area contributed by atoms with Crippen LogP contribution in [0.2, 0.25) is 0 Å². The van der Waals surface area contributed by atoms with Gasteiger partial charge in [0.25, 0.3) is 10.0 Å². The van der Waals surface area contributed by atoms with Crippen LogP contribution in [0.25, 0.3) is 11.1 Å². The van der Waals surface area contributed by atoms with Crippen molar-refractivity contribution in [3.05, 3.63) is 65.9 Å². The number of aryl methyl sites for hydroxylation is 2. The van der Waals surface area contributed by atoms with Gasteiger partial charge in [0.15, 0.2) is 0 Å². The van der Waals surface area contributed by atoms with E-state index in [9.17, 15) is 17.6 Å². The highest BCUT2D eigenvalue weighted by atomic mass is 32.2. The Morgan fingerprint density at radius 2 is 1.84 bits per heavy atom. The lowest BCUT2D eigenvalue weighted by molar-refractivity contribution is -0.117. The molecule has 0 unspecified atom stereocenters. The van der Waals surface area contributed by atoms with E-state index >= 15 is 0 Å². The summed E-state index contributed by atoms with van der Waals surface area (Å²) in [5.74, 6) is -0.409. The lowest BCUT2D eigenvalue weighted by Gasteiger charge is -2.13. The lowest BCUT2D eigenvalue weighted by atomic mass is 10.1. The molecule has 0 bridgehead atoms. The SMILES string of the molecule is Cc1ccc(S(=O)(=O)Nc2cc(-c3ccnc(NC(=O)C4CC4)c3)cnc2C)c(F)c1. The fourth-order valence-corrected chi connectivity index (χ4v) is 4.24. The number of sulfonamides is 1. The molecule has 1 saturated carbocycles. The summed E-state index contributed by atoms with van der Waals surface area (Å²) in [6.45, 7) is 3.33. The highest BCUT2D eigenvalue weighted by Gasteiger charge is 2.29. The molecule has 3 aromatic rings. The smallest absolute Gasteiger partial charge is 0.264 e. The van der Waals surface area contributed by atoms with Crippen LogP contribution in [0.3, 0.4) is 0 Å². The zero-order valence-corrected chi connectivity index (χ0v) is 17.8. The lowest BCUT2D eigenvalue weighted by Crippen LogP contribution is -2.16. The quantitative estimate of drug-likeness (QED) is 0.602. The van der Waals surface area contributed by atoms with Crippen LogP contribution in [-0.4, -0.2) is 24.3 Å². The van der Waals surface area contributed by atoms with E-state index in [2.05, 4.69) is 20.0 Å². The largest absolute Gasteiger partial charge is 0.310 e. The summed E-state index contributed by atoms with van der Waals surface area (Å²) in [4.78, 5) is 20.0. The second-order valence-electron chi connectivity index (χ2n) is 7.59. The van der Waals surface area contributed by atoms with Crippen molar-refractivity contribution in [3.63, 3.8) is 0 Å². The zero-order chi connectivity index (χ0) is 22.2. The number of carbonyl (C=O) groups excluding carboxylic acids is 1. The van der Waals surface area contributed by atoms with Crippen molar-refractivity contribution in [1.82, 2.24) is 9.97 Å². The summed E-state index contributed by atoms with van der Waals surface area (Å²) in [6, 6.07) is 8.99. The molecule has 1 aromatic carbocycles. The highest BCUT2D eigenvalue weighted by molar-refractivity contribution is 7.92. The predicted molar refractivity (Wildman–Crippen MR) is 116 cm³/mol. The molecule has 1 aliphatic rings. The Balaban J connectivity index is 1.62. The van der Waals surface area contributed by atoms with Gasteiger partial charge in [-0.1, -0.05) is 6.07 Å². The van der Waals surface area contributed by atoms with Crippen LogP contribution >= 0.6 is 0 Å². The van der Waals surface area contributed by atoms with E-state index in [1.54, 1.807) is 44.4 Å². The van der Waals surface area contributed by atoms with E-state index in [0.717, 1.165) is 12.8 Å². The number of hydrogen-bond donors (Lipinski definition) is 2. The van der Waals surface area contributed by atoms with Crippen LogP contribution in [0.5, 0.6) is 0 Å². The molecule has 1 fully saturated rings. The van der Waals surface area contributed by atoms with Crippen LogP contribution in [0.4, 0.5) is 15.9 Å². The average molecular weight is 441 g/mol. The molecule has 0 spiro atoms. The highest BCUT2D eigenvalue weighted by Crippen LogP contribution is 2.31. The molecule has 31 heavy (non-hydrogen) atoms. The van der Waals surface area contributed by atoms with Crippen LogP contribution in [-0.2, 0) is 14.8 Å². The fraction of sp³-hybridized carbons (Fsp3) is 0.227. The summed E-state index contributed by atoms with van der Waals surface area (Å²) in [6.07, 6.45) is 4.93. The maximum atomic E-state index is 14.2. The van der Waals surface area contributed by atoms with Gasteiger partial charge in [-0.05, 0) is 68.1 Å². The molecule has 1 amide bonds. The summed E-state index contributed by atoms with van der Waals surface area (Å²) >= 11 is 0. The molecular weight excluding hydrogens is 419 g/mol. The molecule has 2 N–H and O–H groups in total. The first-order valence-corrected chi connectivity index (χ1v) is 11.2. The topological polar surface area (TPSA) is 101 Å². The molecule has 2 heterocycles. The number of rotatable bonds is 6. The van der Waals surface area contributed by atoms with E-state index in [-0.39, 0.29) is 17.5 Å². The van der Waals surface area contributed by atoms with Gasteiger partial charge in [-0.15, -0.1) is 0 Å². The molecule has 2 aromatic heterocycles. The van der Waals surface area contributed by atoms with E-state index in [0.29, 0.717) is 28.2 Å². The van der Waals surface area contributed by atoms with E-state index in [4.69, 9.17) is 0 Å². The first kappa shape index (κ1) is 20.9. The predicted octanol–water partition coefficient (Wildman–Crippen LogP) is 4.05. The summed E-state index contributed by atoms with van der Waals surface area (Å²) in [7, 11) is -4.14. The minimum Gasteiger partial charge on any atom is -0.310 e. The standard InChI is InChI=1S/C22H21FN4O3S/c1-13-3-6-20(18(23)9-13)31(29,30)27-19-10-17(12-25-14(19)2)16-7-8-24-21(11-16)26-22(28)15-4-5-15/h3,6-12,15,27H,4-5H2,1-2H3,(H,24,26,28). The van der Waals surface area contributed by atoms with Crippen LogP contribution in [0.1, 0.15) is 24.1 Å². The molecule has 7 nitrogen and oxygen atoms in total. The van der Waals surface area contributed by atoms with Crippen molar-refractivity contribution < 1.29 is 17.6 Å². The Kier molecular flexibility index (Phi) is 5.45. The molecule has 160 valence electrons. The van der Waals surface area contributed by atoms with Gasteiger partial charge in [0.05, 0.1) is 11.4 Å². The van der Waals surface area contributed by atoms with E-state index in [1.165, 1.54) is 18.2 Å². The molecule has 0 aliphatic heterocycles. The van der Waals surface area contributed by atoms with Crippen molar-refractivity contribution in [2.24, 2.45) is 5.92 Å². The van der Waals surface area contributed by atoms with Crippen LogP contribution < -0.4 is 10.0 Å². The third kappa shape index (κ3) is 4.72. The van der Waals surface area contributed by atoms with Crippen molar-refractivity contribution in [3.8, 4) is 11.1 Å². The van der Waals surface area contributed by atoms with E-state index < -0.39 is 20.7 Å². The number of aromatic nitrogens is 2. The third-order valence-electron chi connectivity index (χ3n) is 5.00. The first-order valence-electron chi connectivity index (χ1n) is 9.76. The Bertz CT molecular complexity index is 1270. The third-order valence-corrected chi connectivity index (χ3v) is 6.40. The Morgan fingerprint density at radius 3 is 2.55 bits per heavy atom. The molecule has 0 radical (unpaired) electrons. The van der Waals surface area contributed by atoms with E-state index in [1.807, 2.05) is 0 Å². The minimum absolute atomic E-state index is 0.0506. The van der Waals surface area contributed by atoms with Crippen molar-refractivity contribution in [1.29, 1.82) is 0 Å². The van der Waals surface area contributed by atoms with Gasteiger partial charge in [-0.3, -0.25) is 14.5 Å². The van der Waals surface area contributed by atoms with Crippen molar-refractivity contribution >= 4 is 27.4 Å². The summed E-state index contributed by atoms with van der Waals surface area (Å²) in [5.41, 5.74) is 2.63. The summed E-state index contributed by atoms with van der Waals surface area (Å²) in [5, 5.41) is 2.79. The number of nitrogens with zero attached hydrogens (tertiary/aromatic N) is 2. The molecule has 1 aliphatic carbocycles. The van der Waals surface area contributed by atoms with Gasteiger partial charge in [-0.2, -0.15) is 0 Å². The number of carbonyl (C=O) groups is 1. The van der Waals surface area contributed by atoms with Gasteiger partial charge >= 0.3 is 0 Å². The number of benzene rings is 1. The first-order chi connectivity index (χ1) is 14.7. The molecule has 4 rings (SSSR count). The van der Waals surface area contributed by atoms with Crippen LogP contribution in [0, 0.1) is 25.6 Å². The van der Waals surface area contributed by atoms with Crippen molar-refractivity contribution in [2.45, 2.75) is 31.6 Å². The van der Waals surface area contributed by atoms with Crippen LogP contribution in [0.15, 0.2) is 53.7 Å². The number of hydrogen-bond acceptors (Lipinski definition) is 5. The van der Waals surface area contributed by atoms with Gasteiger partial charge in [0.1, 0.15) is 16.5 Å². The maximum absolute atomic E-state index is 14.2. The maximum Gasteiger partial charge on any atom is 0.264 e. The molecular formula is C22H21FN4O3S. The zero-order valence-electron chi connectivity index (χ0n) is 17.0. The summed E-state index contributed by atoms with van der Waals surface area (Å²) < 4.78 is 42.1.